The molecule has 0 amide bonds. The number of rotatable bonds is 7. The van der Waals surface area contributed by atoms with E-state index in [4.69, 9.17) is 11.6 Å². The van der Waals surface area contributed by atoms with E-state index >= 15 is 0 Å². The molecule has 118 valence electrons. The maximum Gasteiger partial charge on any atom is 0.0440 e. The Balaban J connectivity index is 1.70. The molecule has 0 bridgehead atoms. The van der Waals surface area contributed by atoms with Gasteiger partial charge in [-0.25, -0.2) is 0 Å². The van der Waals surface area contributed by atoms with Crippen molar-refractivity contribution in [2.45, 2.75) is 64.6 Å². The minimum absolute atomic E-state index is 0.615. The van der Waals surface area contributed by atoms with E-state index in [1.165, 1.54) is 18.4 Å². The first kappa shape index (κ1) is 16.8. The predicted molar refractivity (Wildman–Crippen MR) is 92.2 cm³/mol. The van der Waals surface area contributed by atoms with Gasteiger partial charge in [0.25, 0.3) is 0 Å². The van der Waals surface area contributed by atoms with Crippen molar-refractivity contribution in [3.05, 3.63) is 34.9 Å². The van der Waals surface area contributed by atoms with Crippen molar-refractivity contribution in [1.82, 2.24) is 10.2 Å². The average Bonchev–Trinajstić information content (AvgIpc) is 2.37. The van der Waals surface area contributed by atoms with Crippen LogP contribution in [0.3, 0.4) is 0 Å². The van der Waals surface area contributed by atoms with Gasteiger partial charge in [-0.05, 0) is 58.1 Å². The molecule has 3 heteroatoms. The van der Waals surface area contributed by atoms with Crippen molar-refractivity contribution in [1.29, 1.82) is 0 Å². The third-order valence-corrected chi connectivity index (χ3v) is 4.96. The van der Waals surface area contributed by atoms with E-state index in [2.05, 4.69) is 50.0 Å². The molecule has 1 N–H and O–H groups in total. The molecule has 21 heavy (non-hydrogen) atoms. The summed E-state index contributed by atoms with van der Waals surface area (Å²) in [7, 11) is 0. The fraction of sp³-hybridized carbons (Fsp3) is 0.667. The van der Waals surface area contributed by atoms with E-state index in [-0.39, 0.29) is 0 Å². The lowest BCUT2D eigenvalue weighted by Gasteiger charge is -2.38. The molecule has 1 aliphatic rings. The summed E-state index contributed by atoms with van der Waals surface area (Å²) in [5.41, 5.74) is 1.32. The van der Waals surface area contributed by atoms with E-state index in [0.29, 0.717) is 24.0 Å². The van der Waals surface area contributed by atoms with Gasteiger partial charge in [0.05, 0.1) is 0 Å². The van der Waals surface area contributed by atoms with Crippen LogP contribution in [0.15, 0.2) is 24.3 Å². The van der Waals surface area contributed by atoms with Crippen LogP contribution in [0.2, 0.25) is 5.02 Å². The maximum atomic E-state index is 6.27. The number of hydrogen-bond acceptors (Lipinski definition) is 2. The molecule has 1 aromatic rings. The lowest BCUT2D eigenvalue weighted by molar-refractivity contribution is 0.168. The average molecular weight is 309 g/mol. The normalized spacial score (nSPS) is 22.1. The summed E-state index contributed by atoms with van der Waals surface area (Å²) in [6.07, 6.45) is 2.43. The SMILES string of the molecule is CC(C)N(CCNC1CC(c2ccccc2Cl)C1)C(C)C. The molecule has 2 nitrogen and oxygen atoms in total. The summed E-state index contributed by atoms with van der Waals surface area (Å²) >= 11 is 6.27. The smallest absolute Gasteiger partial charge is 0.0440 e. The Morgan fingerprint density at radius 2 is 1.76 bits per heavy atom. The zero-order chi connectivity index (χ0) is 15.4. The minimum atomic E-state index is 0.615. The molecule has 1 aromatic carbocycles. The van der Waals surface area contributed by atoms with Crippen molar-refractivity contribution in [3.63, 3.8) is 0 Å². The van der Waals surface area contributed by atoms with Gasteiger partial charge in [0.15, 0.2) is 0 Å². The molecule has 0 spiro atoms. The Morgan fingerprint density at radius 1 is 1.14 bits per heavy atom. The van der Waals surface area contributed by atoms with Crippen LogP contribution in [0.1, 0.15) is 52.0 Å². The highest BCUT2D eigenvalue weighted by Gasteiger charge is 2.31. The van der Waals surface area contributed by atoms with E-state index < -0.39 is 0 Å². The van der Waals surface area contributed by atoms with Gasteiger partial charge in [-0.15, -0.1) is 0 Å². The monoisotopic (exact) mass is 308 g/mol. The Labute approximate surface area is 134 Å². The standard InChI is InChI=1S/C18H29ClN2/c1-13(2)21(14(3)4)10-9-20-16-11-15(12-16)17-7-5-6-8-18(17)19/h5-8,13-16,20H,9-12H2,1-4H3. The van der Waals surface area contributed by atoms with Gasteiger partial charge in [0.2, 0.25) is 0 Å². The molecule has 0 unspecified atom stereocenters. The zero-order valence-corrected chi connectivity index (χ0v) is 14.5. The third kappa shape index (κ3) is 4.45. The number of nitrogens with one attached hydrogen (secondary N) is 1. The molecule has 1 saturated carbocycles. The zero-order valence-electron chi connectivity index (χ0n) is 13.8. The van der Waals surface area contributed by atoms with Crippen LogP contribution in [0.25, 0.3) is 0 Å². The van der Waals surface area contributed by atoms with Crippen molar-refractivity contribution in [3.8, 4) is 0 Å². The number of benzene rings is 1. The van der Waals surface area contributed by atoms with Crippen LogP contribution in [-0.4, -0.2) is 36.1 Å². The molecule has 2 rings (SSSR count). The highest BCUT2D eigenvalue weighted by molar-refractivity contribution is 6.31. The second-order valence-electron chi connectivity index (χ2n) is 6.77. The summed E-state index contributed by atoms with van der Waals surface area (Å²) in [6, 6.07) is 10.2. The Morgan fingerprint density at radius 3 is 2.33 bits per heavy atom. The lowest BCUT2D eigenvalue weighted by Crippen LogP contribution is -2.46. The van der Waals surface area contributed by atoms with Crippen molar-refractivity contribution < 1.29 is 0 Å². The molecule has 0 aliphatic heterocycles. The van der Waals surface area contributed by atoms with Crippen LogP contribution >= 0.6 is 11.6 Å². The molecule has 0 aromatic heterocycles. The fourth-order valence-corrected chi connectivity index (χ4v) is 3.65. The van der Waals surface area contributed by atoms with Gasteiger partial charge in [0.1, 0.15) is 0 Å². The molecular weight excluding hydrogens is 280 g/mol. The molecule has 0 heterocycles. The van der Waals surface area contributed by atoms with E-state index in [9.17, 15) is 0 Å². The summed E-state index contributed by atoms with van der Waals surface area (Å²) in [4.78, 5) is 2.54. The third-order valence-electron chi connectivity index (χ3n) is 4.61. The van der Waals surface area contributed by atoms with Crippen molar-refractivity contribution in [2.24, 2.45) is 0 Å². The van der Waals surface area contributed by atoms with Crippen LogP contribution < -0.4 is 5.32 Å². The van der Waals surface area contributed by atoms with E-state index in [0.717, 1.165) is 18.1 Å². The van der Waals surface area contributed by atoms with Gasteiger partial charge in [-0.1, -0.05) is 29.8 Å². The molecule has 1 fully saturated rings. The van der Waals surface area contributed by atoms with Gasteiger partial charge in [-0.2, -0.15) is 0 Å². The van der Waals surface area contributed by atoms with Crippen LogP contribution in [0.4, 0.5) is 0 Å². The first-order chi connectivity index (χ1) is 9.99. The highest BCUT2D eigenvalue weighted by Crippen LogP contribution is 2.39. The second-order valence-corrected chi connectivity index (χ2v) is 7.17. The molecule has 0 radical (unpaired) electrons. The van der Waals surface area contributed by atoms with Crippen molar-refractivity contribution >= 4 is 11.6 Å². The maximum absolute atomic E-state index is 6.27. The minimum Gasteiger partial charge on any atom is -0.313 e. The van der Waals surface area contributed by atoms with Crippen LogP contribution in [0.5, 0.6) is 0 Å². The molecule has 1 aliphatic carbocycles. The van der Waals surface area contributed by atoms with Crippen LogP contribution in [-0.2, 0) is 0 Å². The number of nitrogens with zero attached hydrogens (tertiary/aromatic N) is 1. The van der Waals surface area contributed by atoms with Gasteiger partial charge < -0.3 is 5.32 Å². The molecule has 0 saturated heterocycles. The fourth-order valence-electron chi connectivity index (χ4n) is 3.36. The van der Waals surface area contributed by atoms with Crippen molar-refractivity contribution in [2.75, 3.05) is 13.1 Å². The summed E-state index contributed by atoms with van der Waals surface area (Å²) in [5, 5.41) is 4.62. The molecule has 0 atom stereocenters. The predicted octanol–water partition coefficient (Wildman–Crippen LogP) is 4.29. The van der Waals surface area contributed by atoms with Gasteiger partial charge in [0, 0.05) is 36.2 Å². The quantitative estimate of drug-likeness (QED) is 0.808. The summed E-state index contributed by atoms with van der Waals surface area (Å²) in [6.45, 7) is 11.3. The molecular formula is C18H29ClN2. The van der Waals surface area contributed by atoms with E-state index in [1.54, 1.807) is 0 Å². The number of hydrogen-bond donors (Lipinski definition) is 1. The van der Waals surface area contributed by atoms with Crippen LogP contribution in [0, 0.1) is 0 Å². The first-order valence-electron chi connectivity index (χ1n) is 8.22. The lowest BCUT2D eigenvalue weighted by atomic mass is 9.76. The Kier molecular flexibility index (Phi) is 6.09. The highest BCUT2D eigenvalue weighted by atomic mass is 35.5. The summed E-state index contributed by atoms with van der Waals surface area (Å²) < 4.78 is 0. The Bertz CT molecular complexity index is 431. The van der Waals surface area contributed by atoms with E-state index in [1.807, 2.05) is 12.1 Å². The van der Waals surface area contributed by atoms with Gasteiger partial charge >= 0.3 is 0 Å². The van der Waals surface area contributed by atoms with Gasteiger partial charge in [-0.3, -0.25) is 4.90 Å². The summed E-state index contributed by atoms with van der Waals surface area (Å²) in [5.74, 6) is 0.641. The number of halogens is 1. The topological polar surface area (TPSA) is 15.3 Å². The Hall–Kier alpha value is -0.570. The first-order valence-corrected chi connectivity index (χ1v) is 8.60. The largest absolute Gasteiger partial charge is 0.313 e. The second kappa shape index (κ2) is 7.62.